The van der Waals surface area contributed by atoms with Gasteiger partial charge in [0.25, 0.3) is 0 Å². The number of H-pyrrole nitrogens is 1. The number of nitrogens with zero attached hydrogens (tertiary/aromatic N) is 3. The fourth-order valence-electron chi connectivity index (χ4n) is 3.42. The minimum absolute atomic E-state index is 0.0635. The van der Waals surface area contributed by atoms with Crippen LogP contribution >= 0.6 is 0 Å². The van der Waals surface area contributed by atoms with E-state index in [2.05, 4.69) is 9.98 Å². The van der Waals surface area contributed by atoms with Gasteiger partial charge in [0, 0.05) is 29.6 Å². The number of hydrogen-bond donors (Lipinski definition) is 3. The number of primary amides is 1. The summed E-state index contributed by atoms with van der Waals surface area (Å²) >= 11 is 0. The second-order valence-electron chi connectivity index (χ2n) is 7.83. The molecule has 0 atom stereocenters. The molecule has 3 rings (SSSR count). The molecule has 32 heavy (non-hydrogen) atoms. The van der Waals surface area contributed by atoms with Crippen molar-refractivity contribution in [2.45, 2.75) is 6.92 Å². The van der Waals surface area contributed by atoms with Gasteiger partial charge < -0.3 is 20.7 Å². The van der Waals surface area contributed by atoms with Crippen molar-refractivity contribution >= 4 is 43.9 Å². The molecular weight excluding hydrogens is 430 g/mol. The fraction of sp³-hybridized carbons (Fsp3) is 0.273. The summed E-state index contributed by atoms with van der Waals surface area (Å²) in [5.41, 5.74) is 8.46. The number of sulfonamides is 1. The topological polar surface area (TPSA) is 132 Å². The number of fused-ring (bicyclic) bond motifs is 1. The number of benzene rings is 2. The first-order chi connectivity index (χ1) is 15.0. The van der Waals surface area contributed by atoms with Crippen LogP contribution in [0, 0.1) is 0 Å². The molecule has 0 fully saturated rings. The number of anilines is 1. The molecule has 0 spiro atoms. The second-order valence-corrected chi connectivity index (χ2v) is 9.73. The van der Waals surface area contributed by atoms with Gasteiger partial charge in [-0.3, -0.25) is 14.1 Å². The van der Waals surface area contributed by atoms with Gasteiger partial charge in [-0.2, -0.15) is 0 Å². The molecule has 3 aromatic rings. The summed E-state index contributed by atoms with van der Waals surface area (Å²) in [6.45, 7) is 2.69. The van der Waals surface area contributed by atoms with E-state index in [1.807, 2.05) is 19.0 Å². The van der Waals surface area contributed by atoms with Crippen LogP contribution in [0.1, 0.15) is 22.8 Å². The third kappa shape index (κ3) is 5.09. The zero-order valence-electron chi connectivity index (χ0n) is 18.5. The Hall–Kier alpha value is -3.37. The van der Waals surface area contributed by atoms with E-state index in [1.54, 1.807) is 49.4 Å². The Balaban J connectivity index is 1.92. The van der Waals surface area contributed by atoms with Crippen molar-refractivity contribution in [3.8, 4) is 5.88 Å². The molecule has 0 saturated heterocycles. The Morgan fingerprint density at radius 1 is 1.12 bits per heavy atom. The number of carbonyl (C=O) groups is 1. The predicted octanol–water partition coefficient (Wildman–Crippen LogP) is 2.44. The van der Waals surface area contributed by atoms with Crippen LogP contribution in [0.15, 0.2) is 47.5 Å². The van der Waals surface area contributed by atoms with E-state index >= 15 is 0 Å². The average Bonchev–Trinajstić information content (AvgIpc) is 3.03. The molecule has 0 aliphatic rings. The standard InChI is InChI=1S/C22H27N5O4S/c1-14(20-18-10-5-15(21(23)28)13-19(18)25-22(20)29)24-16-6-8-17(9-7-16)27(32(4,30)31)12-11-26(2)3/h5-10,13,25,29H,11-12H2,1-4H3,(H2,23,28). The molecule has 2 aromatic carbocycles. The summed E-state index contributed by atoms with van der Waals surface area (Å²) in [4.78, 5) is 20.7. The van der Waals surface area contributed by atoms with Gasteiger partial charge in [0.1, 0.15) is 0 Å². The molecule has 0 unspecified atom stereocenters. The van der Waals surface area contributed by atoms with Gasteiger partial charge in [-0.05, 0) is 57.4 Å². The molecule has 0 saturated carbocycles. The lowest BCUT2D eigenvalue weighted by Crippen LogP contribution is -2.35. The number of carbonyl (C=O) groups excluding carboxylic acids is 1. The highest BCUT2D eigenvalue weighted by atomic mass is 32.2. The van der Waals surface area contributed by atoms with Crippen molar-refractivity contribution < 1.29 is 18.3 Å². The maximum absolute atomic E-state index is 12.2. The van der Waals surface area contributed by atoms with Gasteiger partial charge in [0.2, 0.25) is 15.9 Å². The molecule has 4 N–H and O–H groups in total. The Kier molecular flexibility index (Phi) is 6.56. The quantitative estimate of drug-likeness (QED) is 0.447. The monoisotopic (exact) mass is 457 g/mol. The summed E-state index contributed by atoms with van der Waals surface area (Å²) in [5.74, 6) is -0.617. The van der Waals surface area contributed by atoms with Gasteiger partial charge in [0.05, 0.1) is 28.9 Å². The van der Waals surface area contributed by atoms with Crippen LogP contribution in [-0.2, 0) is 10.0 Å². The molecule has 0 aliphatic heterocycles. The molecule has 170 valence electrons. The highest BCUT2D eigenvalue weighted by Crippen LogP contribution is 2.30. The molecular formula is C22H27N5O4S. The first kappa shape index (κ1) is 23.3. The van der Waals surface area contributed by atoms with Gasteiger partial charge in [-0.1, -0.05) is 6.07 Å². The number of aromatic nitrogens is 1. The molecule has 10 heteroatoms. The number of aromatic amines is 1. The van der Waals surface area contributed by atoms with Crippen molar-refractivity contribution in [1.82, 2.24) is 9.88 Å². The van der Waals surface area contributed by atoms with Crippen LogP contribution in [0.25, 0.3) is 10.9 Å². The predicted molar refractivity (Wildman–Crippen MR) is 128 cm³/mol. The van der Waals surface area contributed by atoms with Crippen LogP contribution in [-0.4, -0.2) is 68.5 Å². The Morgan fingerprint density at radius 2 is 1.78 bits per heavy atom. The van der Waals surface area contributed by atoms with E-state index in [1.165, 1.54) is 10.6 Å². The Morgan fingerprint density at radius 3 is 2.34 bits per heavy atom. The number of aromatic hydroxyl groups is 1. The maximum Gasteiger partial charge on any atom is 0.248 e. The number of hydrogen-bond acceptors (Lipinski definition) is 6. The molecule has 0 bridgehead atoms. The number of amides is 1. The van der Waals surface area contributed by atoms with E-state index in [-0.39, 0.29) is 5.88 Å². The SMILES string of the molecule is CC(=Nc1ccc(N(CCN(C)C)S(C)(=O)=O)cc1)c1c(O)[nH]c2cc(C(N)=O)ccc12. The van der Waals surface area contributed by atoms with E-state index < -0.39 is 15.9 Å². The number of nitrogens with one attached hydrogen (secondary N) is 1. The fourth-order valence-corrected chi connectivity index (χ4v) is 4.34. The van der Waals surface area contributed by atoms with Gasteiger partial charge >= 0.3 is 0 Å². The smallest absolute Gasteiger partial charge is 0.248 e. The highest BCUT2D eigenvalue weighted by molar-refractivity contribution is 7.92. The lowest BCUT2D eigenvalue weighted by molar-refractivity contribution is 0.100. The second kappa shape index (κ2) is 9.01. The highest BCUT2D eigenvalue weighted by Gasteiger charge is 2.18. The van der Waals surface area contributed by atoms with Crippen LogP contribution in [0.4, 0.5) is 11.4 Å². The van der Waals surface area contributed by atoms with Crippen molar-refractivity contribution in [2.24, 2.45) is 10.7 Å². The minimum atomic E-state index is -3.42. The van der Waals surface area contributed by atoms with Gasteiger partial charge in [-0.15, -0.1) is 0 Å². The molecule has 0 aliphatic carbocycles. The Labute approximate surface area is 187 Å². The van der Waals surface area contributed by atoms with E-state index in [0.29, 0.717) is 52.2 Å². The van der Waals surface area contributed by atoms with E-state index in [9.17, 15) is 18.3 Å². The van der Waals surface area contributed by atoms with E-state index in [4.69, 9.17) is 5.73 Å². The zero-order chi connectivity index (χ0) is 23.6. The summed E-state index contributed by atoms with van der Waals surface area (Å²) in [5, 5.41) is 11.1. The largest absolute Gasteiger partial charge is 0.494 e. The third-order valence-electron chi connectivity index (χ3n) is 5.01. The van der Waals surface area contributed by atoms with Crippen molar-refractivity contribution in [1.29, 1.82) is 0 Å². The maximum atomic E-state index is 12.2. The first-order valence-electron chi connectivity index (χ1n) is 9.90. The van der Waals surface area contributed by atoms with Crippen molar-refractivity contribution in [3.05, 3.63) is 53.6 Å². The minimum Gasteiger partial charge on any atom is -0.494 e. The molecule has 0 radical (unpaired) electrons. The summed E-state index contributed by atoms with van der Waals surface area (Å²) < 4.78 is 25.8. The number of nitrogens with two attached hydrogens (primary N) is 1. The summed E-state index contributed by atoms with van der Waals surface area (Å²) in [7, 11) is 0.346. The van der Waals surface area contributed by atoms with Crippen LogP contribution in [0.2, 0.25) is 0 Å². The van der Waals surface area contributed by atoms with Gasteiger partial charge in [0.15, 0.2) is 5.88 Å². The number of rotatable bonds is 8. The lowest BCUT2D eigenvalue weighted by Gasteiger charge is -2.24. The normalized spacial score (nSPS) is 12.5. The molecule has 1 aromatic heterocycles. The number of aliphatic imine (C=N–C) groups is 1. The van der Waals surface area contributed by atoms with Crippen molar-refractivity contribution in [2.75, 3.05) is 37.7 Å². The third-order valence-corrected chi connectivity index (χ3v) is 6.20. The first-order valence-corrected chi connectivity index (χ1v) is 11.7. The molecule has 1 heterocycles. The van der Waals surface area contributed by atoms with Crippen LogP contribution in [0.3, 0.4) is 0 Å². The van der Waals surface area contributed by atoms with Crippen LogP contribution in [0.5, 0.6) is 5.88 Å². The lowest BCUT2D eigenvalue weighted by atomic mass is 10.1. The van der Waals surface area contributed by atoms with Gasteiger partial charge in [-0.25, -0.2) is 8.42 Å². The average molecular weight is 458 g/mol. The van der Waals surface area contributed by atoms with Crippen molar-refractivity contribution in [3.63, 3.8) is 0 Å². The van der Waals surface area contributed by atoms with E-state index in [0.717, 1.165) is 0 Å². The molecule has 1 amide bonds. The molecule has 9 nitrogen and oxygen atoms in total. The number of likely N-dealkylation sites (N-methyl/N-ethyl adjacent to an activating group) is 1. The van der Waals surface area contributed by atoms with Crippen LogP contribution < -0.4 is 10.0 Å². The summed E-state index contributed by atoms with van der Waals surface area (Å²) in [6.07, 6.45) is 1.18. The zero-order valence-corrected chi connectivity index (χ0v) is 19.3. The summed E-state index contributed by atoms with van der Waals surface area (Å²) in [6, 6.07) is 11.7. The Bertz CT molecular complexity index is 1280.